The number of likely N-dealkylation sites (tertiary alicyclic amines) is 1. The van der Waals surface area contributed by atoms with Gasteiger partial charge >= 0.3 is 0 Å². The number of nitrogens with two attached hydrogens (primary N) is 2. The van der Waals surface area contributed by atoms with Gasteiger partial charge in [-0.05, 0) is 56.0 Å². The maximum Gasteiger partial charge on any atom is 0.254 e. The highest BCUT2D eigenvalue weighted by atomic mass is 16.5. The lowest BCUT2D eigenvalue weighted by atomic mass is 9.61. The Hall–Kier alpha value is -2.54. The zero-order valence-electron chi connectivity index (χ0n) is 15.9. The quantitative estimate of drug-likeness (QED) is 0.814. The summed E-state index contributed by atoms with van der Waals surface area (Å²) < 4.78 is 7.43. The number of hydrogen-bond donors (Lipinski definition) is 2. The minimum atomic E-state index is -0.544. The van der Waals surface area contributed by atoms with Crippen molar-refractivity contribution < 1.29 is 9.53 Å². The highest BCUT2D eigenvalue weighted by Crippen LogP contribution is 2.54. The Morgan fingerprint density at radius 1 is 1.30 bits per heavy atom. The summed E-state index contributed by atoms with van der Waals surface area (Å²) in [6.07, 6.45) is 3.04. The van der Waals surface area contributed by atoms with E-state index in [9.17, 15) is 4.79 Å². The molecule has 144 valence electrons. The molecule has 2 aliphatic rings. The summed E-state index contributed by atoms with van der Waals surface area (Å²) in [6, 6.07) is 7.79. The molecule has 2 heterocycles. The molecule has 0 unspecified atom stereocenters. The van der Waals surface area contributed by atoms with E-state index in [2.05, 4.69) is 18.9 Å². The van der Waals surface area contributed by atoms with Gasteiger partial charge < -0.3 is 21.1 Å². The summed E-state index contributed by atoms with van der Waals surface area (Å²) in [5.41, 5.74) is 14.0. The lowest BCUT2D eigenvalue weighted by Crippen LogP contribution is -2.60. The van der Waals surface area contributed by atoms with Crippen LogP contribution in [-0.2, 0) is 0 Å². The van der Waals surface area contributed by atoms with Crippen LogP contribution in [0.25, 0.3) is 11.3 Å². The van der Waals surface area contributed by atoms with Gasteiger partial charge in [0.25, 0.3) is 5.91 Å². The Morgan fingerprint density at radius 2 is 1.96 bits per heavy atom. The van der Waals surface area contributed by atoms with Crippen LogP contribution in [0.5, 0.6) is 5.75 Å². The number of benzene rings is 1. The predicted octanol–water partition coefficient (Wildman–Crippen LogP) is 2.29. The van der Waals surface area contributed by atoms with Gasteiger partial charge in [-0.1, -0.05) is 6.92 Å². The average molecular weight is 369 g/mol. The largest absolute Gasteiger partial charge is 0.494 e. The van der Waals surface area contributed by atoms with Gasteiger partial charge in [-0.15, -0.1) is 0 Å². The molecule has 1 saturated carbocycles. The van der Waals surface area contributed by atoms with Crippen molar-refractivity contribution in [3.05, 3.63) is 29.8 Å². The van der Waals surface area contributed by atoms with E-state index >= 15 is 0 Å². The molecular weight excluding hydrogens is 342 g/mol. The van der Waals surface area contributed by atoms with E-state index in [-0.39, 0.29) is 6.04 Å². The van der Waals surface area contributed by atoms with Crippen molar-refractivity contribution in [2.24, 2.45) is 11.1 Å². The monoisotopic (exact) mass is 369 g/mol. The molecule has 0 radical (unpaired) electrons. The Balaban J connectivity index is 1.60. The minimum absolute atomic E-state index is 0.234. The first-order valence-corrected chi connectivity index (χ1v) is 9.52. The number of nitrogen functional groups attached to an aromatic ring is 1. The number of amides is 1. The molecule has 0 bridgehead atoms. The summed E-state index contributed by atoms with van der Waals surface area (Å²) in [5, 5.41) is 4.69. The molecule has 2 aromatic rings. The minimum Gasteiger partial charge on any atom is -0.494 e. The molecule has 4 rings (SSSR count). The van der Waals surface area contributed by atoms with Crippen LogP contribution in [0.2, 0.25) is 0 Å². The van der Waals surface area contributed by atoms with Crippen LogP contribution in [0.3, 0.4) is 0 Å². The van der Waals surface area contributed by atoms with Gasteiger partial charge in [-0.25, -0.2) is 4.68 Å². The highest BCUT2D eigenvalue weighted by Gasteiger charge is 2.52. The van der Waals surface area contributed by atoms with Gasteiger partial charge in [0.1, 0.15) is 22.8 Å². The van der Waals surface area contributed by atoms with Crippen molar-refractivity contribution in [2.45, 2.75) is 32.2 Å². The van der Waals surface area contributed by atoms with Gasteiger partial charge in [0.15, 0.2) is 0 Å². The molecule has 1 saturated heterocycles. The Bertz CT molecular complexity index is 844. The normalized spacial score (nSPS) is 18.9. The Morgan fingerprint density at radius 3 is 2.52 bits per heavy atom. The van der Waals surface area contributed by atoms with E-state index in [1.807, 2.05) is 24.3 Å². The Labute approximate surface area is 159 Å². The van der Waals surface area contributed by atoms with Crippen LogP contribution in [0, 0.1) is 5.41 Å². The fourth-order valence-corrected chi connectivity index (χ4v) is 4.57. The second kappa shape index (κ2) is 6.56. The summed E-state index contributed by atoms with van der Waals surface area (Å²) in [5.74, 6) is 0.623. The molecule has 7 nitrogen and oxygen atoms in total. The molecule has 0 atom stereocenters. The number of nitrogens with zero attached hydrogens (tertiary/aromatic N) is 3. The maximum atomic E-state index is 12.1. The fraction of sp³-hybridized carbons (Fsp3) is 0.500. The first kappa shape index (κ1) is 17.9. The first-order chi connectivity index (χ1) is 12.9. The summed E-state index contributed by atoms with van der Waals surface area (Å²) in [4.78, 5) is 14.4. The van der Waals surface area contributed by atoms with Crippen molar-refractivity contribution in [3.63, 3.8) is 0 Å². The second-order valence-electron chi connectivity index (χ2n) is 8.02. The Kier molecular flexibility index (Phi) is 4.34. The molecule has 1 aliphatic heterocycles. The van der Waals surface area contributed by atoms with Crippen LogP contribution >= 0.6 is 0 Å². The molecular formula is C20H27N5O2. The van der Waals surface area contributed by atoms with Crippen LogP contribution in [-0.4, -0.2) is 47.3 Å². The lowest BCUT2D eigenvalue weighted by Gasteiger charge is -2.58. The van der Waals surface area contributed by atoms with Gasteiger partial charge in [-0.3, -0.25) is 4.79 Å². The number of carbonyl (C=O) groups is 1. The SMILES string of the molecule is CCCOc1ccc(-c2nn(C3CC4(C3)CN(C)C4)c(N)c2C(N)=O)cc1. The van der Waals surface area contributed by atoms with Crippen molar-refractivity contribution in [1.29, 1.82) is 0 Å². The molecule has 1 spiro atoms. The van der Waals surface area contributed by atoms with Gasteiger partial charge in [0, 0.05) is 18.7 Å². The number of aromatic nitrogens is 2. The summed E-state index contributed by atoms with van der Waals surface area (Å²) in [7, 11) is 2.14. The molecule has 1 aromatic carbocycles. The van der Waals surface area contributed by atoms with E-state index in [0.717, 1.165) is 43.7 Å². The van der Waals surface area contributed by atoms with Crippen LogP contribution in [0.1, 0.15) is 42.6 Å². The fourth-order valence-electron chi connectivity index (χ4n) is 4.57. The third kappa shape index (κ3) is 3.06. The maximum absolute atomic E-state index is 12.1. The smallest absolute Gasteiger partial charge is 0.254 e. The van der Waals surface area contributed by atoms with E-state index in [1.54, 1.807) is 4.68 Å². The van der Waals surface area contributed by atoms with E-state index in [4.69, 9.17) is 21.3 Å². The number of hydrogen-bond acceptors (Lipinski definition) is 5. The lowest BCUT2D eigenvalue weighted by molar-refractivity contribution is -0.0780. The first-order valence-electron chi connectivity index (χ1n) is 9.52. The third-order valence-corrected chi connectivity index (χ3v) is 5.69. The van der Waals surface area contributed by atoms with Crippen LogP contribution in [0.15, 0.2) is 24.3 Å². The molecule has 1 amide bonds. The molecule has 1 aromatic heterocycles. The number of ether oxygens (including phenoxy) is 1. The predicted molar refractivity (Wildman–Crippen MR) is 105 cm³/mol. The highest BCUT2D eigenvalue weighted by molar-refractivity contribution is 6.03. The van der Waals surface area contributed by atoms with E-state index in [0.29, 0.717) is 29.1 Å². The third-order valence-electron chi connectivity index (χ3n) is 5.69. The molecule has 7 heteroatoms. The van der Waals surface area contributed by atoms with Crippen LogP contribution < -0.4 is 16.2 Å². The molecule has 1 aliphatic carbocycles. The molecule has 2 fully saturated rings. The number of rotatable bonds is 6. The van der Waals surface area contributed by atoms with Crippen molar-refractivity contribution in [3.8, 4) is 17.0 Å². The summed E-state index contributed by atoms with van der Waals surface area (Å²) in [6.45, 7) is 4.99. The van der Waals surface area contributed by atoms with E-state index in [1.165, 1.54) is 0 Å². The number of carbonyl (C=O) groups excluding carboxylic acids is 1. The zero-order valence-corrected chi connectivity index (χ0v) is 15.9. The van der Waals surface area contributed by atoms with Gasteiger partial charge in [-0.2, -0.15) is 5.10 Å². The van der Waals surface area contributed by atoms with Crippen LogP contribution in [0.4, 0.5) is 5.82 Å². The summed E-state index contributed by atoms with van der Waals surface area (Å²) >= 11 is 0. The van der Waals surface area contributed by atoms with Gasteiger partial charge in [0.2, 0.25) is 0 Å². The number of anilines is 1. The van der Waals surface area contributed by atoms with Crippen molar-refractivity contribution >= 4 is 11.7 Å². The molecule has 27 heavy (non-hydrogen) atoms. The number of primary amides is 1. The second-order valence-corrected chi connectivity index (χ2v) is 8.02. The zero-order chi connectivity index (χ0) is 19.2. The molecule has 4 N–H and O–H groups in total. The van der Waals surface area contributed by atoms with Crippen molar-refractivity contribution in [1.82, 2.24) is 14.7 Å². The van der Waals surface area contributed by atoms with Gasteiger partial charge in [0.05, 0.1) is 12.6 Å². The van der Waals surface area contributed by atoms with E-state index < -0.39 is 5.91 Å². The average Bonchev–Trinajstić information content (AvgIpc) is 2.92. The standard InChI is InChI=1S/C20H27N5O2/c1-3-8-27-15-6-4-13(5-7-15)17-16(19(22)26)18(21)25(23-17)14-9-20(10-14)11-24(2)12-20/h4-7,14H,3,8-12,21H2,1-2H3,(H2,22,26). The van der Waals surface area contributed by atoms with Crippen molar-refractivity contribution in [2.75, 3.05) is 32.5 Å². The topological polar surface area (TPSA) is 99.4 Å².